The molecule has 0 unspecified atom stereocenters. The minimum atomic E-state index is -0.200. The highest BCUT2D eigenvalue weighted by Gasteiger charge is 2.12. The molecule has 1 aromatic heterocycles. The van der Waals surface area contributed by atoms with Crippen molar-refractivity contribution in [3.63, 3.8) is 0 Å². The lowest BCUT2D eigenvalue weighted by Gasteiger charge is -2.10. The maximum absolute atomic E-state index is 12.0. The van der Waals surface area contributed by atoms with Gasteiger partial charge < -0.3 is 15.8 Å². The van der Waals surface area contributed by atoms with E-state index in [-0.39, 0.29) is 5.91 Å². The molecule has 0 aliphatic carbocycles. The van der Waals surface area contributed by atoms with Gasteiger partial charge in [0.2, 0.25) is 0 Å². The highest BCUT2D eigenvalue weighted by molar-refractivity contribution is 7.17. The number of hydrogen-bond acceptors (Lipinski definition) is 5. The second kappa shape index (κ2) is 5.71. The van der Waals surface area contributed by atoms with Crippen LogP contribution >= 0.6 is 11.3 Å². The van der Waals surface area contributed by atoms with Gasteiger partial charge >= 0.3 is 0 Å². The predicted octanol–water partition coefficient (Wildman–Crippen LogP) is 2.55. The highest BCUT2D eigenvalue weighted by atomic mass is 32.1. The zero-order valence-corrected chi connectivity index (χ0v) is 11.6. The molecule has 0 saturated carbocycles. The Labute approximate surface area is 115 Å². The fourth-order valence-electron chi connectivity index (χ4n) is 1.69. The first-order chi connectivity index (χ1) is 9.13. The molecular formula is C13H15N3O2S. The molecule has 0 atom stereocenters. The summed E-state index contributed by atoms with van der Waals surface area (Å²) in [4.78, 5) is 16.4. The van der Waals surface area contributed by atoms with Gasteiger partial charge in [0.1, 0.15) is 10.6 Å². The van der Waals surface area contributed by atoms with Crippen LogP contribution in [0, 0.1) is 0 Å². The number of methoxy groups -OCH3 is 1. The van der Waals surface area contributed by atoms with Crippen LogP contribution in [0.1, 0.15) is 22.2 Å². The van der Waals surface area contributed by atoms with Gasteiger partial charge in [-0.15, -0.1) is 0 Å². The number of nitrogens with one attached hydrogen (secondary N) is 1. The van der Waals surface area contributed by atoms with E-state index in [0.29, 0.717) is 10.0 Å². The fourth-order valence-corrected chi connectivity index (χ4v) is 2.27. The van der Waals surface area contributed by atoms with Crippen LogP contribution in [-0.4, -0.2) is 18.0 Å². The summed E-state index contributed by atoms with van der Waals surface area (Å²) < 4.78 is 5.17. The quantitative estimate of drug-likeness (QED) is 0.900. The lowest BCUT2D eigenvalue weighted by Crippen LogP contribution is -2.11. The number of nitrogen functional groups attached to an aromatic ring is 1. The van der Waals surface area contributed by atoms with E-state index in [0.717, 1.165) is 23.4 Å². The van der Waals surface area contributed by atoms with E-state index in [9.17, 15) is 4.79 Å². The van der Waals surface area contributed by atoms with Gasteiger partial charge in [-0.2, -0.15) is 0 Å². The van der Waals surface area contributed by atoms with Crippen molar-refractivity contribution in [1.82, 2.24) is 4.98 Å². The molecule has 0 radical (unpaired) electrons. The molecule has 0 fully saturated rings. The van der Waals surface area contributed by atoms with E-state index in [4.69, 9.17) is 10.5 Å². The fraction of sp³-hybridized carbons (Fsp3) is 0.231. The Kier molecular flexibility index (Phi) is 4.01. The van der Waals surface area contributed by atoms with Crippen molar-refractivity contribution in [2.45, 2.75) is 13.3 Å². The maximum atomic E-state index is 12.0. The van der Waals surface area contributed by atoms with Gasteiger partial charge in [-0.3, -0.25) is 4.79 Å². The third-order valence-corrected chi connectivity index (χ3v) is 3.51. The van der Waals surface area contributed by atoms with Crippen LogP contribution in [0.15, 0.2) is 24.4 Å². The topological polar surface area (TPSA) is 77.2 Å². The number of rotatable bonds is 4. The normalized spacial score (nSPS) is 10.2. The molecule has 5 nitrogen and oxygen atoms in total. The molecule has 0 aliphatic heterocycles. The molecule has 1 aromatic carbocycles. The number of aryl methyl sites for hydroxylation is 1. The van der Waals surface area contributed by atoms with Crippen molar-refractivity contribution in [2.24, 2.45) is 0 Å². The van der Waals surface area contributed by atoms with Gasteiger partial charge in [0, 0.05) is 5.69 Å². The molecule has 2 aromatic rings. The van der Waals surface area contributed by atoms with Crippen LogP contribution in [0.5, 0.6) is 5.75 Å². The van der Waals surface area contributed by atoms with E-state index in [1.807, 2.05) is 25.1 Å². The monoisotopic (exact) mass is 277 g/mol. The highest BCUT2D eigenvalue weighted by Crippen LogP contribution is 2.24. The van der Waals surface area contributed by atoms with Crippen LogP contribution in [0.4, 0.5) is 10.8 Å². The number of thiazole rings is 1. The number of benzene rings is 1. The lowest BCUT2D eigenvalue weighted by molar-refractivity contribution is 0.103. The smallest absolute Gasteiger partial charge is 0.267 e. The first-order valence-electron chi connectivity index (χ1n) is 5.83. The van der Waals surface area contributed by atoms with Crippen molar-refractivity contribution in [3.05, 3.63) is 34.8 Å². The molecular weight excluding hydrogens is 262 g/mol. The Hall–Kier alpha value is -2.08. The largest absolute Gasteiger partial charge is 0.497 e. The second-order valence-corrected chi connectivity index (χ2v) is 4.96. The average molecular weight is 277 g/mol. The summed E-state index contributed by atoms with van der Waals surface area (Å²) in [6.45, 7) is 2.02. The van der Waals surface area contributed by atoms with E-state index in [2.05, 4.69) is 10.3 Å². The van der Waals surface area contributed by atoms with Crippen molar-refractivity contribution in [1.29, 1.82) is 0 Å². The molecule has 1 heterocycles. The summed E-state index contributed by atoms with van der Waals surface area (Å²) in [5.41, 5.74) is 7.31. The van der Waals surface area contributed by atoms with Crippen LogP contribution < -0.4 is 15.8 Å². The van der Waals surface area contributed by atoms with Crippen LogP contribution in [0.25, 0.3) is 0 Å². The number of amides is 1. The second-order valence-electron chi connectivity index (χ2n) is 3.89. The number of ether oxygens (including phenoxy) is 1. The third kappa shape index (κ3) is 3.03. The number of nitrogens with two attached hydrogens (primary N) is 1. The Morgan fingerprint density at radius 1 is 1.53 bits per heavy atom. The number of carbonyl (C=O) groups is 1. The standard InChI is InChI=1S/C13H15N3O2S/c1-3-8-6-9(18-2)4-5-10(8)16-12(17)11-7-15-13(14)19-11/h4-7H,3H2,1-2H3,(H2,14,15)(H,16,17). The first-order valence-corrected chi connectivity index (χ1v) is 6.65. The van der Waals surface area contributed by atoms with Crippen molar-refractivity contribution < 1.29 is 9.53 Å². The van der Waals surface area contributed by atoms with Gasteiger partial charge in [-0.25, -0.2) is 4.98 Å². The molecule has 19 heavy (non-hydrogen) atoms. The number of hydrogen-bond donors (Lipinski definition) is 2. The van der Waals surface area contributed by atoms with Crippen LogP contribution in [0.3, 0.4) is 0 Å². The minimum Gasteiger partial charge on any atom is -0.497 e. The van der Waals surface area contributed by atoms with Gasteiger partial charge in [-0.1, -0.05) is 18.3 Å². The van der Waals surface area contributed by atoms with Crippen LogP contribution in [0.2, 0.25) is 0 Å². The third-order valence-electron chi connectivity index (χ3n) is 2.69. The first kappa shape index (κ1) is 13.4. The van der Waals surface area contributed by atoms with E-state index < -0.39 is 0 Å². The van der Waals surface area contributed by atoms with Crippen molar-refractivity contribution in [2.75, 3.05) is 18.2 Å². The summed E-state index contributed by atoms with van der Waals surface area (Å²) >= 11 is 1.17. The lowest BCUT2D eigenvalue weighted by atomic mass is 10.1. The van der Waals surface area contributed by atoms with E-state index >= 15 is 0 Å². The molecule has 0 aliphatic rings. The summed E-state index contributed by atoms with van der Waals surface area (Å²) in [5.74, 6) is 0.575. The van der Waals surface area contributed by atoms with Gasteiger partial charge in [0.25, 0.3) is 5.91 Å². The van der Waals surface area contributed by atoms with Crippen molar-refractivity contribution in [3.8, 4) is 5.75 Å². The van der Waals surface area contributed by atoms with E-state index in [1.165, 1.54) is 17.5 Å². The molecule has 3 N–H and O–H groups in total. The molecule has 0 spiro atoms. The Bertz CT molecular complexity index is 595. The minimum absolute atomic E-state index is 0.200. The summed E-state index contributed by atoms with van der Waals surface area (Å²) in [7, 11) is 1.62. The Morgan fingerprint density at radius 2 is 2.32 bits per heavy atom. The molecule has 1 amide bonds. The Morgan fingerprint density at radius 3 is 2.89 bits per heavy atom. The summed E-state index contributed by atoms with van der Waals surface area (Å²) in [6.07, 6.45) is 2.28. The van der Waals surface area contributed by atoms with Gasteiger partial charge in [-0.05, 0) is 30.2 Å². The zero-order chi connectivity index (χ0) is 13.8. The summed E-state index contributed by atoms with van der Waals surface area (Å²) in [6, 6.07) is 5.56. The molecule has 100 valence electrons. The average Bonchev–Trinajstić information content (AvgIpc) is 2.86. The van der Waals surface area contributed by atoms with Gasteiger partial charge in [0.05, 0.1) is 13.3 Å². The number of aromatic nitrogens is 1. The molecule has 6 heteroatoms. The summed E-state index contributed by atoms with van der Waals surface area (Å²) in [5, 5.41) is 3.25. The van der Waals surface area contributed by atoms with Crippen LogP contribution in [-0.2, 0) is 6.42 Å². The number of carbonyl (C=O) groups excluding carboxylic acids is 1. The van der Waals surface area contributed by atoms with Crippen molar-refractivity contribution >= 4 is 28.1 Å². The maximum Gasteiger partial charge on any atom is 0.267 e. The van der Waals surface area contributed by atoms with Gasteiger partial charge in [0.15, 0.2) is 5.13 Å². The number of anilines is 2. The number of nitrogens with zero attached hydrogens (tertiary/aromatic N) is 1. The molecule has 0 bridgehead atoms. The molecule has 2 rings (SSSR count). The van der Waals surface area contributed by atoms with E-state index in [1.54, 1.807) is 7.11 Å². The SMILES string of the molecule is CCc1cc(OC)ccc1NC(=O)c1cnc(N)s1. The Balaban J connectivity index is 2.21. The predicted molar refractivity (Wildman–Crippen MR) is 76.9 cm³/mol. The molecule has 0 saturated heterocycles. The zero-order valence-electron chi connectivity index (χ0n) is 10.8.